The number of carbonyl (C=O) groups excluding carboxylic acids is 2. The normalized spacial score (nSPS) is 13.1. The van der Waals surface area contributed by atoms with Gasteiger partial charge in [-0.15, -0.1) is 0 Å². The summed E-state index contributed by atoms with van der Waals surface area (Å²) in [6, 6.07) is 10.7. The van der Waals surface area contributed by atoms with Crippen molar-refractivity contribution < 1.29 is 18.0 Å². The van der Waals surface area contributed by atoms with Crippen LogP contribution < -0.4 is 9.62 Å². The third-order valence-electron chi connectivity index (χ3n) is 5.52. The Labute approximate surface area is 225 Å². The molecule has 2 rings (SSSR count). The maximum atomic E-state index is 13.6. The Morgan fingerprint density at radius 1 is 1.03 bits per heavy atom. The molecule has 0 fully saturated rings. The van der Waals surface area contributed by atoms with E-state index in [-0.39, 0.29) is 18.5 Å². The maximum Gasteiger partial charge on any atom is 0.244 e. The van der Waals surface area contributed by atoms with Crippen molar-refractivity contribution in [3.63, 3.8) is 0 Å². The number of amides is 2. The molecule has 0 aliphatic rings. The van der Waals surface area contributed by atoms with Crippen LogP contribution in [-0.4, -0.2) is 50.0 Å². The Morgan fingerprint density at radius 2 is 1.66 bits per heavy atom. The first-order valence-corrected chi connectivity index (χ1v) is 14.5. The Bertz CT molecular complexity index is 1150. The molecule has 0 saturated carbocycles. The number of sulfonamides is 1. The van der Waals surface area contributed by atoms with Gasteiger partial charge in [-0.25, -0.2) is 8.42 Å². The van der Waals surface area contributed by atoms with Crippen molar-refractivity contribution >= 4 is 66.7 Å². The largest absolute Gasteiger partial charge is 0.352 e. The van der Waals surface area contributed by atoms with Gasteiger partial charge in [0.25, 0.3) is 0 Å². The monoisotopic (exact) mass is 605 g/mol. The molecule has 2 atom stereocenters. The molecule has 11 heteroatoms. The fraction of sp³-hybridized carbons (Fsp3) is 0.417. The van der Waals surface area contributed by atoms with Gasteiger partial charge in [-0.1, -0.05) is 59.0 Å². The highest BCUT2D eigenvalue weighted by Crippen LogP contribution is 2.25. The highest BCUT2D eigenvalue weighted by molar-refractivity contribution is 9.10. The van der Waals surface area contributed by atoms with Crippen LogP contribution in [0.3, 0.4) is 0 Å². The number of nitrogens with one attached hydrogen (secondary N) is 1. The average molecular weight is 607 g/mol. The van der Waals surface area contributed by atoms with Gasteiger partial charge in [-0.2, -0.15) is 0 Å². The van der Waals surface area contributed by atoms with Gasteiger partial charge in [-0.3, -0.25) is 13.9 Å². The van der Waals surface area contributed by atoms with E-state index < -0.39 is 28.5 Å². The quantitative estimate of drug-likeness (QED) is 0.379. The predicted molar refractivity (Wildman–Crippen MR) is 145 cm³/mol. The first kappa shape index (κ1) is 29.4. The summed E-state index contributed by atoms with van der Waals surface area (Å²) in [7, 11) is -3.79. The zero-order valence-corrected chi connectivity index (χ0v) is 24.0. The van der Waals surface area contributed by atoms with Crippen molar-refractivity contribution in [2.75, 3.05) is 17.1 Å². The molecular formula is C24H30BrCl2N3O4S. The van der Waals surface area contributed by atoms with Gasteiger partial charge in [0.2, 0.25) is 21.8 Å². The number of nitrogens with zero attached hydrogens (tertiary/aromatic N) is 2. The van der Waals surface area contributed by atoms with E-state index in [0.29, 0.717) is 27.7 Å². The zero-order valence-electron chi connectivity index (χ0n) is 20.1. The second kappa shape index (κ2) is 12.9. The van der Waals surface area contributed by atoms with Gasteiger partial charge < -0.3 is 10.2 Å². The molecular weight excluding hydrogens is 577 g/mol. The Hall–Kier alpha value is -1.81. The van der Waals surface area contributed by atoms with Crippen molar-refractivity contribution in [1.82, 2.24) is 10.2 Å². The second-order valence-electron chi connectivity index (χ2n) is 8.26. The zero-order chi connectivity index (χ0) is 26.3. The third-order valence-corrected chi connectivity index (χ3v) is 7.93. The molecule has 2 aromatic rings. The topological polar surface area (TPSA) is 86.8 Å². The van der Waals surface area contributed by atoms with E-state index in [1.54, 1.807) is 49.4 Å². The average Bonchev–Trinajstić information content (AvgIpc) is 2.79. The molecule has 0 aromatic heterocycles. The number of hydrogen-bond donors (Lipinski definition) is 1. The molecule has 0 radical (unpaired) electrons. The smallest absolute Gasteiger partial charge is 0.244 e. The molecule has 0 bridgehead atoms. The van der Waals surface area contributed by atoms with Crippen LogP contribution in [0.25, 0.3) is 0 Å². The lowest BCUT2D eigenvalue weighted by atomic mass is 10.1. The van der Waals surface area contributed by atoms with Crippen LogP contribution in [0, 0.1) is 0 Å². The molecule has 2 aromatic carbocycles. The summed E-state index contributed by atoms with van der Waals surface area (Å²) >= 11 is 15.5. The number of halogens is 3. The van der Waals surface area contributed by atoms with Gasteiger partial charge in [0.1, 0.15) is 12.6 Å². The van der Waals surface area contributed by atoms with Crippen LogP contribution in [0.5, 0.6) is 0 Å². The summed E-state index contributed by atoms with van der Waals surface area (Å²) in [5, 5.41) is 3.62. The highest BCUT2D eigenvalue weighted by atomic mass is 79.9. The Morgan fingerprint density at radius 3 is 2.17 bits per heavy atom. The van der Waals surface area contributed by atoms with Crippen LogP contribution in [0.2, 0.25) is 10.0 Å². The molecule has 35 heavy (non-hydrogen) atoms. The number of benzene rings is 2. The molecule has 0 spiro atoms. The van der Waals surface area contributed by atoms with E-state index in [9.17, 15) is 18.0 Å². The van der Waals surface area contributed by atoms with Gasteiger partial charge in [0, 0.05) is 17.1 Å². The number of carbonyl (C=O) groups is 2. The summed E-state index contributed by atoms with van der Waals surface area (Å²) in [6.45, 7) is 5.23. The summed E-state index contributed by atoms with van der Waals surface area (Å²) in [6.07, 6.45) is 2.11. The third kappa shape index (κ3) is 8.37. The van der Waals surface area contributed by atoms with E-state index in [1.807, 2.05) is 13.8 Å². The summed E-state index contributed by atoms with van der Waals surface area (Å²) < 4.78 is 27.0. The SMILES string of the molecule is CCC(C)NC(=O)C(CC)N(Cc1ccc(Cl)c(Cl)c1)C(=O)CN(c1ccc(Br)cc1)S(C)(=O)=O. The standard InChI is InChI=1S/C24H30BrCl2N3O4S/c1-5-16(3)28-24(32)22(6-2)29(14-17-7-12-20(26)21(27)13-17)23(31)15-30(35(4,33)34)19-10-8-18(25)9-11-19/h7-13,16,22H,5-6,14-15H2,1-4H3,(H,28,32). The number of anilines is 1. The second-order valence-corrected chi connectivity index (χ2v) is 11.9. The first-order valence-electron chi connectivity index (χ1n) is 11.1. The van der Waals surface area contributed by atoms with Crippen molar-refractivity contribution in [3.05, 3.63) is 62.5 Å². The van der Waals surface area contributed by atoms with Gasteiger partial charge in [0.05, 0.1) is 22.0 Å². The van der Waals surface area contributed by atoms with Crippen molar-refractivity contribution in [3.8, 4) is 0 Å². The summed E-state index contributed by atoms with van der Waals surface area (Å²) in [4.78, 5) is 28.1. The molecule has 0 saturated heterocycles. The Kier molecular flexibility index (Phi) is 10.9. The van der Waals surface area contributed by atoms with Crippen LogP contribution in [0.4, 0.5) is 5.69 Å². The molecule has 0 aliphatic carbocycles. The van der Waals surface area contributed by atoms with Crippen LogP contribution in [0.15, 0.2) is 46.9 Å². The van der Waals surface area contributed by atoms with E-state index in [0.717, 1.165) is 21.5 Å². The van der Waals surface area contributed by atoms with Gasteiger partial charge in [0.15, 0.2) is 0 Å². The van der Waals surface area contributed by atoms with E-state index in [1.165, 1.54) is 4.90 Å². The summed E-state index contributed by atoms with van der Waals surface area (Å²) in [5.41, 5.74) is 1.01. The lowest BCUT2D eigenvalue weighted by Gasteiger charge is -2.33. The highest BCUT2D eigenvalue weighted by Gasteiger charge is 2.32. The van der Waals surface area contributed by atoms with E-state index >= 15 is 0 Å². The molecule has 192 valence electrons. The minimum atomic E-state index is -3.79. The molecule has 2 unspecified atom stereocenters. The minimum absolute atomic E-state index is 0.0556. The number of rotatable bonds is 11. The minimum Gasteiger partial charge on any atom is -0.352 e. The van der Waals surface area contributed by atoms with Gasteiger partial charge >= 0.3 is 0 Å². The van der Waals surface area contributed by atoms with Crippen LogP contribution in [0.1, 0.15) is 39.2 Å². The van der Waals surface area contributed by atoms with Crippen molar-refractivity contribution in [2.24, 2.45) is 0 Å². The summed E-state index contributed by atoms with van der Waals surface area (Å²) in [5.74, 6) is -0.819. The molecule has 2 amide bonds. The molecule has 0 heterocycles. The molecule has 7 nitrogen and oxygen atoms in total. The maximum absolute atomic E-state index is 13.6. The lowest BCUT2D eigenvalue weighted by molar-refractivity contribution is -0.140. The van der Waals surface area contributed by atoms with E-state index in [4.69, 9.17) is 23.2 Å². The fourth-order valence-corrected chi connectivity index (χ4v) is 4.85. The molecule has 0 aliphatic heterocycles. The molecule has 1 N–H and O–H groups in total. The Balaban J connectivity index is 2.45. The van der Waals surface area contributed by atoms with Crippen LogP contribution in [-0.2, 0) is 26.2 Å². The predicted octanol–water partition coefficient (Wildman–Crippen LogP) is 5.24. The number of hydrogen-bond acceptors (Lipinski definition) is 4. The van der Waals surface area contributed by atoms with Crippen molar-refractivity contribution in [1.29, 1.82) is 0 Å². The first-order chi connectivity index (χ1) is 16.4. The lowest BCUT2D eigenvalue weighted by Crippen LogP contribution is -2.53. The van der Waals surface area contributed by atoms with Crippen molar-refractivity contribution in [2.45, 2.75) is 52.2 Å². The van der Waals surface area contributed by atoms with Gasteiger partial charge in [-0.05, 0) is 61.7 Å². The van der Waals surface area contributed by atoms with E-state index in [2.05, 4.69) is 21.2 Å². The fourth-order valence-electron chi connectivity index (χ4n) is 3.42. The van der Waals surface area contributed by atoms with Crippen LogP contribution >= 0.6 is 39.1 Å².